The van der Waals surface area contributed by atoms with Gasteiger partial charge in [0.1, 0.15) is 22.2 Å². The van der Waals surface area contributed by atoms with Crippen LogP contribution in [0.2, 0.25) is 0 Å². The molecule has 0 N–H and O–H groups in total. The minimum Gasteiger partial charge on any atom is -0.492 e. The van der Waals surface area contributed by atoms with Crippen LogP contribution < -0.4 is 15.1 Å². The fourth-order valence-electron chi connectivity index (χ4n) is 2.76. The number of esters is 1. The summed E-state index contributed by atoms with van der Waals surface area (Å²) >= 11 is 1.43. The minimum atomic E-state index is -0.423. The smallest absolute Gasteiger partial charge is 0.353 e. The van der Waals surface area contributed by atoms with Crippen LogP contribution in [-0.2, 0) is 11.2 Å². The molecule has 0 aliphatic rings. The molecule has 6 heteroatoms. The van der Waals surface area contributed by atoms with E-state index in [-0.39, 0.29) is 5.97 Å². The maximum Gasteiger partial charge on any atom is 0.353 e. The predicted molar refractivity (Wildman–Crippen MR) is 114 cm³/mol. The SMILES string of the molecule is CCOc1cc(-c2ccc(OC(C)=O)cc2)oc(=O)c1SCCc1ccccc1. The maximum atomic E-state index is 12.6. The monoisotopic (exact) mass is 410 g/mol. The van der Waals surface area contributed by atoms with Crippen molar-refractivity contribution in [2.24, 2.45) is 0 Å². The number of aryl methyl sites for hydroxylation is 1. The lowest BCUT2D eigenvalue weighted by Crippen LogP contribution is -2.08. The number of rotatable bonds is 8. The summed E-state index contributed by atoms with van der Waals surface area (Å²) in [5, 5.41) is 0. The van der Waals surface area contributed by atoms with Crippen LogP contribution in [-0.4, -0.2) is 18.3 Å². The molecule has 2 aromatic carbocycles. The van der Waals surface area contributed by atoms with Gasteiger partial charge in [-0.15, -0.1) is 11.8 Å². The zero-order chi connectivity index (χ0) is 20.6. The molecule has 0 atom stereocenters. The molecule has 0 saturated carbocycles. The van der Waals surface area contributed by atoms with Crippen LogP contribution in [0.4, 0.5) is 0 Å². The molecule has 1 aromatic heterocycles. The highest BCUT2D eigenvalue weighted by Gasteiger charge is 2.15. The van der Waals surface area contributed by atoms with Crippen molar-refractivity contribution in [2.45, 2.75) is 25.2 Å². The van der Waals surface area contributed by atoms with E-state index in [4.69, 9.17) is 13.9 Å². The van der Waals surface area contributed by atoms with E-state index in [2.05, 4.69) is 12.1 Å². The Morgan fingerprint density at radius 3 is 2.45 bits per heavy atom. The lowest BCUT2D eigenvalue weighted by Gasteiger charge is -2.11. The van der Waals surface area contributed by atoms with Gasteiger partial charge in [0, 0.05) is 24.3 Å². The molecule has 1 heterocycles. The Hall–Kier alpha value is -2.99. The minimum absolute atomic E-state index is 0.389. The van der Waals surface area contributed by atoms with Crippen LogP contribution >= 0.6 is 11.8 Å². The van der Waals surface area contributed by atoms with Crippen molar-refractivity contribution < 1.29 is 18.7 Å². The normalized spacial score (nSPS) is 10.6. The molecular weight excluding hydrogens is 388 g/mol. The summed E-state index contributed by atoms with van der Waals surface area (Å²) in [6.07, 6.45) is 0.843. The van der Waals surface area contributed by atoms with Crippen LogP contribution in [0.25, 0.3) is 11.3 Å². The predicted octanol–water partition coefficient (Wildman–Crippen LogP) is 4.97. The molecule has 0 fully saturated rings. The van der Waals surface area contributed by atoms with Crippen LogP contribution in [0.15, 0.2) is 74.8 Å². The Balaban J connectivity index is 1.80. The Morgan fingerprint density at radius 2 is 1.79 bits per heavy atom. The summed E-state index contributed by atoms with van der Waals surface area (Å²) in [5.74, 6) is 1.70. The first-order valence-electron chi connectivity index (χ1n) is 9.33. The van der Waals surface area contributed by atoms with Crippen molar-refractivity contribution in [2.75, 3.05) is 12.4 Å². The van der Waals surface area contributed by atoms with E-state index >= 15 is 0 Å². The van der Waals surface area contributed by atoms with Crippen LogP contribution in [0, 0.1) is 0 Å². The number of hydrogen-bond donors (Lipinski definition) is 0. The third-order valence-electron chi connectivity index (χ3n) is 4.05. The Labute approximate surface area is 173 Å². The van der Waals surface area contributed by atoms with Gasteiger partial charge in [-0.3, -0.25) is 4.79 Å². The van der Waals surface area contributed by atoms with E-state index in [0.717, 1.165) is 12.2 Å². The van der Waals surface area contributed by atoms with Gasteiger partial charge in [-0.05, 0) is 43.2 Å². The van der Waals surface area contributed by atoms with Gasteiger partial charge in [0.25, 0.3) is 0 Å². The Morgan fingerprint density at radius 1 is 1.07 bits per heavy atom. The Kier molecular flexibility index (Phi) is 7.14. The maximum absolute atomic E-state index is 12.6. The van der Waals surface area contributed by atoms with E-state index in [9.17, 15) is 9.59 Å². The number of benzene rings is 2. The second-order valence-corrected chi connectivity index (χ2v) is 7.33. The van der Waals surface area contributed by atoms with E-state index < -0.39 is 5.63 Å². The van der Waals surface area contributed by atoms with Crippen LogP contribution in [0.5, 0.6) is 11.5 Å². The molecular formula is C23H22O5S. The molecule has 0 aliphatic heterocycles. The first-order chi connectivity index (χ1) is 14.1. The van der Waals surface area contributed by atoms with Crippen molar-refractivity contribution in [3.05, 3.63) is 76.6 Å². The van der Waals surface area contributed by atoms with Gasteiger partial charge in [0.05, 0.1) is 6.61 Å². The quantitative estimate of drug-likeness (QED) is 0.297. The van der Waals surface area contributed by atoms with E-state index in [1.165, 1.54) is 24.2 Å². The van der Waals surface area contributed by atoms with E-state index in [1.54, 1.807) is 30.3 Å². The van der Waals surface area contributed by atoms with E-state index in [0.29, 0.717) is 34.3 Å². The molecule has 0 saturated heterocycles. The molecule has 0 amide bonds. The topological polar surface area (TPSA) is 65.7 Å². The number of carbonyl (C=O) groups excluding carboxylic acids is 1. The lowest BCUT2D eigenvalue weighted by molar-refractivity contribution is -0.131. The van der Waals surface area contributed by atoms with Crippen molar-refractivity contribution in [3.63, 3.8) is 0 Å². The summed E-state index contributed by atoms with van der Waals surface area (Å²) in [4.78, 5) is 24.1. The molecule has 0 bridgehead atoms. The average molecular weight is 410 g/mol. The Bertz CT molecular complexity index is 1010. The van der Waals surface area contributed by atoms with E-state index in [1.807, 2.05) is 25.1 Å². The zero-order valence-electron chi connectivity index (χ0n) is 16.3. The van der Waals surface area contributed by atoms with Crippen LogP contribution in [0.1, 0.15) is 19.4 Å². The van der Waals surface area contributed by atoms with Gasteiger partial charge in [0.2, 0.25) is 0 Å². The summed E-state index contributed by atoms with van der Waals surface area (Å²) in [6.45, 7) is 3.66. The van der Waals surface area contributed by atoms with Gasteiger partial charge in [-0.1, -0.05) is 30.3 Å². The average Bonchev–Trinajstić information content (AvgIpc) is 2.71. The molecule has 5 nitrogen and oxygen atoms in total. The fourth-order valence-corrected chi connectivity index (χ4v) is 3.73. The molecule has 3 rings (SSSR count). The first kappa shape index (κ1) is 20.7. The fraction of sp³-hybridized carbons (Fsp3) is 0.217. The molecule has 150 valence electrons. The van der Waals surface area contributed by atoms with Crippen molar-refractivity contribution in [1.82, 2.24) is 0 Å². The highest BCUT2D eigenvalue weighted by Crippen LogP contribution is 2.32. The molecule has 0 aliphatic carbocycles. The number of ether oxygens (including phenoxy) is 2. The third kappa shape index (κ3) is 5.74. The van der Waals surface area contributed by atoms with Crippen molar-refractivity contribution in [3.8, 4) is 22.8 Å². The van der Waals surface area contributed by atoms with Gasteiger partial charge < -0.3 is 13.9 Å². The lowest BCUT2D eigenvalue weighted by atomic mass is 10.1. The summed E-state index contributed by atoms with van der Waals surface area (Å²) in [7, 11) is 0. The van der Waals surface area contributed by atoms with Gasteiger partial charge in [-0.2, -0.15) is 0 Å². The summed E-state index contributed by atoms with van der Waals surface area (Å²) < 4.78 is 16.3. The standard InChI is InChI=1S/C23H22O5S/c1-3-26-21-15-20(18-9-11-19(12-10-18)27-16(2)24)28-23(25)22(21)29-14-13-17-7-5-4-6-8-17/h4-12,15H,3,13-14H2,1-2H3. The number of hydrogen-bond acceptors (Lipinski definition) is 6. The highest BCUT2D eigenvalue weighted by molar-refractivity contribution is 7.99. The largest absolute Gasteiger partial charge is 0.492 e. The zero-order valence-corrected chi connectivity index (χ0v) is 17.2. The highest BCUT2D eigenvalue weighted by atomic mass is 32.2. The first-order valence-corrected chi connectivity index (χ1v) is 10.3. The molecule has 0 radical (unpaired) electrons. The molecule has 3 aromatic rings. The van der Waals surface area contributed by atoms with Crippen molar-refractivity contribution in [1.29, 1.82) is 0 Å². The van der Waals surface area contributed by atoms with Crippen molar-refractivity contribution >= 4 is 17.7 Å². The molecule has 0 unspecified atom stereocenters. The van der Waals surface area contributed by atoms with Crippen LogP contribution in [0.3, 0.4) is 0 Å². The van der Waals surface area contributed by atoms with Gasteiger partial charge >= 0.3 is 11.6 Å². The second-order valence-electron chi connectivity index (χ2n) is 6.23. The molecule has 0 spiro atoms. The molecule has 29 heavy (non-hydrogen) atoms. The van der Waals surface area contributed by atoms with Gasteiger partial charge in [0.15, 0.2) is 0 Å². The number of thioether (sulfide) groups is 1. The number of carbonyl (C=O) groups is 1. The third-order valence-corrected chi connectivity index (χ3v) is 5.12. The van der Waals surface area contributed by atoms with Gasteiger partial charge in [-0.25, -0.2) is 4.79 Å². The summed E-state index contributed by atoms with van der Waals surface area (Å²) in [5.41, 5.74) is 1.49. The summed E-state index contributed by atoms with van der Waals surface area (Å²) in [6, 6.07) is 18.6. The second kappa shape index (κ2) is 9.98.